The highest BCUT2D eigenvalue weighted by atomic mass is 16.7. The second-order valence-corrected chi connectivity index (χ2v) is 7.19. The van der Waals surface area contributed by atoms with E-state index in [4.69, 9.17) is 4.84 Å². The second-order valence-electron chi connectivity index (χ2n) is 7.19. The van der Waals surface area contributed by atoms with Gasteiger partial charge in [0, 0.05) is 25.7 Å². The van der Waals surface area contributed by atoms with E-state index in [0.717, 1.165) is 36.7 Å². The van der Waals surface area contributed by atoms with Gasteiger partial charge < -0.3 is 4.84 Å². The summed E-state index contributed by atoms with van der Waals surface area (Å²) in [5, 5.41) is 4.38. The lowest BCUT2D eigenvalue weighted by Crippen LogP contribution is -2.49. The molecule has 22 heavy (non-hydrogen) atoms. The van der Waals surface area contributed by atoms with Crippen molar-refractivity contribution in [1.82, 2.24) is 9.88 Å². The van der Waals surface area contributed by atoms with E-state index in [1.807, 2.05) is 24.4 Å². The molecule has 2 aliphatic heterocycles. The molecule has 118 valence electrons. The average Bonchev–Trinajstić information content (AvgIpc) is 3.19. The molecule has 3 heterocycles. The first-order chi connectivity index (χ1) is 10.8. The summed E-state index contributed by atoms with van der Waals surface area (Å²) >= 11 is 0. The van der Waals surface area contributed by atoms with E-state index in [1.165, 1.54) is 45.2 Å². The highest BCUT2D eigenvalue weighted by molar-refractivity contribution is 6.00. The van der Waals surface area contributed by atoms with E-state index in [9.17, 15) is 0 Å². The maximum absolute atomic E-state index is 5.95. The molecule has 1 spiro atoms. The molecule has 1 atom stereocenters. The van der Waals surface area contributed by atoms with Crippen LogP contribution < -0.4 is 0 Å². The fourth-order valence-electron chi connectivity index (χ4n) is 4.32. The number of likely N-dealkylation sites (tertiary alicyclic amines) is 1. The zero-order valence-corrected chi connectivity index (χ0v) is 13.2. The molecule has 1 saturated heterocycles. The molecule has 1 aromatic heterocycles. The van der Waals surface area contributed by atoms with Gasteiger partial charge in [0.2, 0.25) is 0 Å². The van der Waals surface area contributed by atoms with Crippen LogP contribution in [0.4, 0.5) is 0 Å². The van der Waals surface area contributed by atoms with Crippen LogP contribution in [-0.4, -0.2) is 40.8 Å². The minimum atomic E-state index is -0.0935. The minimum absolute atomic E-state index is 0.0935. The number of nitrogens with zero attached hydrogens (tertiary/aromatic N) is 3. The second kappa shape index (κ2) is 5.99. The molecule has 0 aromatic carbocycles. The van der Waals surface area contributed by atoms with Crippen molar-refractivity contribution >= 4 is 5.71 Å². The summed E-state index contributed by atoms with van der Waals surface area (Å²) in [6, 6.07) is 5.99. The van der Waals surface area contributed by atoms with Crippen LogP contribution in [0.2, 0.25) is 0 Å². The molecule has 1 saturated carbocycles. The Labute approximate surface area is 132 Å². The third kappa shape index (κ3) is 2.89. The lowest BCUT2D eigenvalue weighted by molar-refractivity contribution is -0.0709. The van der Waals surface area contributed by atoms with Crippen LogP contribution in [0.3, 0.4) is 0 Å². The predicted molar refractivity (Wildman–Crippen MR) is 86.8 cm³/mol. The van der Waals surface area contributed by atoms with Gasteiger partial charge in [0.15, 0.2) is 5.60 Å². The maximum atomic E-state index is 5.95. The van der Waals surface area contributed by atoms with Gasteiger partial charge in [0.25, 0.3) is 0 Å². The van der Waals surface area contributed by atoms with Gasteiger partial charge in [-0.3, -0.25) is 9.88 Å². The number of piperidine rings is 1. The monoisotopic (exact) mass is 299 g/mol. The van der Waals surface area contributed by atoms with Crippen molar-refractivity contribution in [2.45, 2.75) is 50.5 Å². The standard InChI is InChI=1S/C18H25N3O/c1-2-7-15(6-1)13-21-11-5-9-18(14-21)12-17(20-22-18)16-8-3-4-10-19-16/h3-4,8,10,15H,1-2,5-7,9,11-14H2. The quantitative estimate of drug-likeness (QED) is 0.860. The van der Waals surface area contributed by atoms with Gasteiger partial charge >= 0.3 is 0 Å². The van der Waals surface area contributed by atoms with Crippen LogP contribution in [0.25, 0.3) is 0 Å². The van der Waals surface area contributed by atoms with E-state index < -0.39 is 0 Å². The highest BCUT2D eigenvalue weighted by Gasteiger charge is 2.43. The molecule has 1 aromatic rings. The minimum Gasteiger partial charge on any atom is -0.387 e. The van der Waals surface area contributed by atoms with Crippen molar-refractivity contribution in [2.75, 3.05) is 19.6 Å². The van der Waals surface area contributed by atoms with Crippen LogP contribution in [0, 0.1) is 5.92 Å². The molecule has 0 amide bonds. The van der Waals surface area contributed by atoms with Crippen molar-refractivity contribution in [1.29, 1.82) is 0 Å². The van der Waals surface area contributed by atoms with Crippen LogP contribution >= 0.6 is 0 Å². The number of hydrogen-bond acceptors (Lipinski definition) is 4. The Morgan fingerprint density at radius 3 is 2.95 bits per heavy atom. The van der Waals surface area contributed by atoms with E-state index in [0.29, 0.717) is 0 Å². The number of hydrogen-bond donors (Lipinski definition) is 0. The number of oxime groups is 1. The van der Waals surface area contributed by atoms with Crippen molar-refractivity contribution in [3.8, 4) is 0 Å². The van der Waals surface area contributed by atoms with Crippen molar-refractivity contribution in [3.63, 3.8) is 0 Å². The zero-order valence-electron chi connectivity index (χ0n) is 13.2. The lowest BCUT2D eigenvalue weighted by Gasteiger charge is -2.39. The molecule has 0 N–H and O–H groups in total. The summed E-state index contributed by atoms with van der Waals surface area (Å²) in [5.74, 6) is 0.910. The summed E-state index contributed by atoms with van der Waals surface area (Å²) in [7, 11) is 0. The number of rotatable bonds is 3. The van der Waals surface area contributed by atoms with E-state index in [1.54, 1.807) is 0 Å². The largest absolute Gasteiger partial charge is 0.387 e. The Kier molecular flexibility index (Phi) is 3.87. The van der Waals surface area contributed by atoms with Gasteiger partial charge in [-0.05, 0) is 50.3 Å². The van der Waals surface area contributed by atoms with Crippen LogP contribution in [0.1, 0.15) is 50.6 Å². The zero-order chi connectivity index (χ0) is 14.8. The Hall–Kier alpha value is -1.42. The first kappa shape index (κ1) is 14.2. The summed E-state index contributed by atoms with van der Waals surface area (Å²) in [5.41, 5.74) is 1.89. The maximum Gasteiger partial charge on any atom is 0.156 e. The Balaban J connectivity index is 1.40. The molecule has 0 radical (unpaired) electrons. The molecule has 0 bridgehead atoms. The third-order valence-corrected chi connectivity index (χ3v) is 5.41. The van der Waals surface area contributed by atoms with Gasteiger partial charge in [0.05, 0.1) is 5.69 Å². The molecule has 4 nitrogen and oxygen atoms in total. The van der Waals surface area contributed by atoms with Gasteiger partial charge in [-0.2, -0.15) is 0 Å². The van der Waals surface area contributed by atoms with Crippen molar-refractivity contribution < 1.29 is 4.84 Å². The Morgan fingerprint density at radius 1 is 1.23 bits per heavy atom. The average molecular weight is 299 g/mol. The van der Waals surface area contributed by atoms with Crippen molar-refractivity contribution in [2.24, 2.45) is 11.1 Å². The van der Waals surface area contributed by atoms with Gasteiger partial charge in [-0.25, -0.2) is 0 Å². The first-order valence-electron chi connectivity index (χ1n) is 8.72. The van der Waals surface area contributed by atoms with Gasteiger partial charge in [-0.15, -0.1) is 0 Å². The third-order valence-electron chi connectivity index (χ3n) is 5.41. The molecule has 2 fully saturated rings. The number of pyridine rings is 1. The Morgan fingerprint density at radius 2 is 2.14 bits per heavy atom. The number of aromatic nitrogens is 1. The van der Waals surface area contributed by atoms with Crippen LogP contribution in [0.15, 0.2) is 29.6 Å². The fourth-order valence-corrected chi connectivity index (χ4v) is 4.32. The van der Waals surface area contributed by atoms with Crippen LogP contribution in [-0.2, 0) is 4.84 Å². The molecule has 1 unspecified atom stereocenters. The highest BCUT2D eigenvalue weighted by Crippen LogP contribution is 2.36. The summed E-state index contributed by atoms with van der Waals surface area (Å²) < 4.78 is 0. The molecule has 1 aliphatic carbocycles. The lowest BCUT2D eigenvalue weighted by atomic mass is 9.87. The summed E-state index contributed by atoms with van der Waals surface area (Å²) in [6.07, 6.45) is 10.8. The predicted octanol–water partition coefficient (Wildman–Crippen LogP) is 3.23. The molecule has 4 rings (SSSR count). The normalized spacial score (nSPS) is 29.7. The smallest absolute Gasteiger partial charge is 0.156 e. The molecular formula is C18H25N3O. The molecular weight excluding hydrogens is 274 g/mol. The van der Waals surface area contributed by atoms with Gasteiger partial charge in [0.1, 0.15) is 5.71 Å². The first-order valence-corrected chi connectivity index (χ1v) is 8.72. The van der Waals surface area contributed by atoms with E-state index in [2.05, 4.69) is 15.0 Å². The SMILES string of the molecule is c1ccc(C2=NOC3(CCCN(CC4CCCC4)C3)C2)nc1. The fraction of sp³-hybridized carbons (Fsp3) is 0.667. The van der Waals surface area contributed by atoms with Crippen molar-refractivity contribution in [3.05, 3.63) is 30.1 Å². The van der Waals surface area contributed by atoms with Crippen LogP contribution in [0.5, 0.6) is 0 Å². The molecule has 3 aliphatic rings. The summed E-state index contributed by atoms with van der Waals surface area (Å²) in [4.78, 5) is 13.0. The Bertz CT molecular complexity index is 539. The van der Waals surface area contributed by atoms with E-state index >= 15 is 0 Å². The van der Waals surface area contributed by atoms with Gasteiger partial charge in [-0.1, -0.05) is 24.1 Å². The topological polar surface area (TPSA) is 37.7 Å². The molecule has 4 heteroatoms. The summed E-state index contributed by atoms with van der Waals surface area (Å²) in [6.45, 7) is 3.51. The van der Waals surface area contributed by atoms with E-state index in [-0.39, 0.29) is 5.60 Å².